The maximum atomic E-state index is 11.4. The van der Waals surface area contributed by atoms with Crippen molar-refractivity contribution in [3.05, 3.63) is 0 Å². The van der Waals surface area contributed by atoms with Crippen molar-refractivity contribution >= 4 is 23.6 Å². The Labute approximate surface area is 101 Å². The van der Waals surface area contributed by atoms with Gasteiger partial charge in [-0.25, -0.2) is 4.79 Å². The first-order valence-corrected chi connectivity index (χ1v) is 6.72. The minimum Gasteiger partial charge on any atom is -0.480 e. The highest BCUT2D eigenvalue weighted by Crippen LogP contribution is 2.08. The first-order valence-electron chi connectivity index (χ1n) is 5.57. The molecule has 1 atom stereocenters. The van der Waals surface area contributed by atoms with Crippen molar-refractivity contribution in [1.82, 2.24) is 5.32 Å². The highest BCUT2D eigenvalue weighted by molar-refractivity contribution is 7.99. The highest BCUT2D eigenvalue weighted by Gasteiger charge is 2.16. The standard InChI is InChI=1S/C11H21NO3S/c1-4-9(11(14)15)12-10(13)5-6-16-7-8(2)3/h8-9H,4-7H2,1-3H3,(H,12,13)(H,14,15). The Kier molecular flexibility index (Phi) is 8.07. The second-order valence-corrected chi connectivity index (χ2v) is 5.24. The zero-order valence-corrected chi connectivity index (χ0v) is 11.0. The van der Waals surface area contributed by atoms with Gasteiger partial charge >= 0.3 is 5.97 Å². The summed E-state index contributed by atoms with van der Waals surface area (Å²) in [7, 11) is 0. The molecule has 0 aromatic rings. The molecule has 0 heterocycles. The Bertz CT molecular complexity index is 231. The fraction of sp³-hybridized carbons (Fsp3) is 0.818. The van der Waals surface area contributed by atoms with Gasteiger partial charge in [0.15, 0.2) is 0 Å². The summed E-state index contributed by atoms with van der Waals surface area (Å²) in [6.07, 6.45) is 0.807. The van der Waals surface area contributed by atoms with E-state index in [-0.39, 0.29) is 5.91 Å². The molecule has 0 bridgehead atoms. The van der Waals surface area contributed by atoms with Crippen molar-refractivity contribution < 1.29 is 14.7 Å². The van der Waals surface area contributed by atoms with Gasteiger partial charge in [-0.05, 0) is 18.1 Å². The van der Waals surface area contributed by atoms with E-state index < -0.39 is 12.0 Å². The molecule has 0 saturated heterocycles. The third kappa shape index (κ3) is 7.56. The molecule has 1 amide bonds. The Hall–Kier alpha value is -0.710. The van der Waals surface area contributed by atoms with Gasteiger partial charge in [0.2, 0.25) is 5.91 Å². The molecule has 0 aromatic carbocycles. The molecule has 4 nitrogen and oxygen atoms in total. The van der Waals surface area contributed by atoms with Crippen molar-refractivity contribution in [2.75, 3.05) is 11.5 Å². The van der Waals surface area contributed by atoms with Gasteiger partial charge in [-0.2, -0.15) is 11.8 Å². The number of amides is 1. The van der Waals surface area contributed by atoms with Gasteiger partial charge in [0, 0.05) is 12.2 Å². The van der Waals surface area contributed by atoms with Gasteiger partial charge in [-0.3, -0.25) is 4.79 Å². The second-order valence-electron chi connectivity index (χ2n) is 4.09. The molecular formula is C11H21NO3S. The van der Waals surface area contributed by atoms with Crippen LogP contribution < -0.4 is 5.32 Å². The van der Waals surface area contributed by atoms with Gasteiger partial charge in [-0.15, -0.1) is 0 Å². The van der Waals surface area contributed by atoms with E-state index in [1.807, 2.05) is 0 Å². The van der Waals surface area contributed by atoms with Crippen LogP contribution in [0.1, 0.15) is 33.6 Å². The Balaban J connectivity index is 3.69. The molecule has 0 radical (unpaired) electrons. The van der Waals surface area contributed by atoms with E-state index in [2.05, 4.69) is 19.2 Å². The molecule has 0 aliphatic heterocycles. The SMILES string of the molecule is CCC(NC(=O)CCSCC(C)C)C(=O)O. The zero-order chi connectivity index (χ0) is 12.6. The first kappa shape index (κ1) is 15.3. The molecule has 0 saturated carbocycles. The summed E-state index contributed by atoms with van der Waals surface area (Å²) in [4.78, 5) is 22.0. The summed E-state index contributed by atoms with van der Waals surface area (Å²) in [6.45, 7) is 6.00. The summed E-state index contributed by atoms with van der Waals surface area (Å²) >= 11 is 1.72. The lowest BCUT2D eigenvalue weighted by molar-refractivity contribution is -0.141. The summed E-state index contributed by atoms with van der Waals surface area (Å²) < 4.78 is 0. The lowest BCUT2D eigenvalue weighted by Gasteiger charge is -2.12. The third-order valence-electron chi connectivity index (χ3n) is 1.97. The smallest absolute Gasteiger partial charge is 0.326 e. The molecule has 16 heavy (non-hydrogen) atoms. The average molecular weight is 247 g/mol. The molecule has 0 aliphatic rings. The van der Waals surface area contributed by atoms with Crippen LogP contribution in [-0.2, 0) is 9.59 Å². The number of carboxylic acid groups (broad SMARTS) is 1. The molecule has 0 spiro atoms. The molecule has 0 rings (SSSR count). The van der Waals surface area contributed by atoms with Crippen LogP contribution in [0.3, 0.4) is 0 Å². The van der Waals surface area contributed by atoms with Crippen molar-refractivity contribution in [2.45, 2.75) is 39.7 Å². The van der Waals surface area contributed by atoms with Crippen molar-refractivity contribution in [1.29, 1.82) is 0 Å². The van der Waals surface area contributed by atoms with Crippen LogP contribution in [-0.4, -0.2) is 34.5 Å². The second kappa shape index (κ2) is 8.44. The number of thioether (sulfide) groups is 1. The topological polar surface area (TPSA) is 66.4 Å². The minimum atomic E-state index is -0.967. The van der Waals surface area contributed by atoms with Crippen molar-refractivity contribution in [3.63, 3.8) is 0 Å². The normalized spacial score (nSPS) is 12.5. The number of carbonyl (C=O) groups excluding carboxylic acids is 1. The maximum absolute atomic E-state index is 11.4. The van der Waals surface area contributed by atoms with Gasteiger partial charge in [0.1, 0.15) is 6.04 Å². The Morgan fingerprint density at radius 1 is 1.38 bits per heavy atom. The summed E-state index contributed by atoms with van der Waals surface area (Å²) in [5.41, 5.74) is 0. The zero-order valence-electron chi connectivity index (χ0n) is 10.2. The van der Waals surface area contributed by atoms with E-state index in [0.29, 0.717) is 18.8 Å². The molecule has 94 valence electrons. The molecule has 0 aliphatic carbocycles. The first-order chi connectivity index (χ1) is 7.47. The lowest BCUT2D eigenvalue weighted by Crippen LogP contribution is -2.40. The van der Waals surface area contributed by atoms with E-state index in [1.54, 1.807) is 18.7 Å². The van der Waals surface area contributed by atoms with Gasteiger partial charge in [-0.1, -0.05) is 20.8 Å². The van der Waals surface area contributed by atoms with Crippen LogP contribution in [0.5, 0.6) is 0 Å². The number of aliphatic carboxylic acids is 1. The lowest BCUT2D eigenvalue weighted by atomic mass is 10.2. The fourth-order valence-corrected chi connectivity index (χ4v) is 2.06. The third-order valence-corrected chi connectivity index (χ3v) is 3.36. The van der Waals surface area contributed by atoms with E-state index >= 15 is 0 Å². The molecule has 2 N–H and O–H groups in total. The number of hydrogen-bond acceptors (Lipinski definition) is 3. The van der Waals surface area contributed by atoms with Crippen LogP contribution in [0.25, 0.3) is 0 Å². The minimum absolute atomic E-state index is 0.175. The number of rotatable bonds is 8. The van der Waals surface area contributed by atoms with E-state index in [0.717, 1.165) is 11.5 Å². The Morgan fingerprint density at radius 2 is 2.00 bits per heavy atom. The monoisotopic (exact) mass is 247 g/mol. The van der Waals surface area contributed by atoms with Gasteiger partial charge in [0.25, 0.3) is 0 Å². The number of nitrogens with one attached hydrogen (secondary N) is 1. The molecule has 5 heteroatoms. The number of hydrogen-bond donors (Lipinski definition) is 2. The molecule has 0 fully saturated rings. The van der Waals surface area contributed by atoms with Gasteiger partial charge < -0.3 is 10.4 Å². The summed E-state index contributed by atoms with van der Waals surface area (Å²) in [6, 6.07) is -0.748. The van der Waals surface area contributed by atoms with Crippen LogP contribution >= 0.6 is 11.8 Å². The predicted octanol–water partition coefficient (Wildman–Crippen LogP) is 1.75. The summed E-state index contributed by atoms with van der Waals surface area (Å²) in [5.74, 6) is 1.26. The van der Waals surface area contributed by atoms with Crippen LogP contribution in [0.15, 0.2) is 0 Å². The van der Waals surface area contributed by atoms with E-state index in [1.165, 1.54) is 0 Å². The van der Waals surface area contributed by atoms with Crippen LogP contribution in [0.4, 0.5) is 0 Å². The van der Waals surface area contributed by atoms with E-state index in [9.17, 15) is 9.59 Å². The Morgan fingerprint density at radius 3 is 2.44 bits per heavy atom. The predicted molar refractivity (Wildman–Crippen MR) is 66.6 cm³/mol. The molecular weight excluding hydrogens is 226 g/mol. The van der Waals surface area contributed by atoms with E-state index in [4.69, 9.17) is 5.11 Å². The largest absolute Gasteiger partial charge is 0.480 e. The number of carbonyl (C=O) groups is 2. The highest BCUT2D eigenvalue weighted by atomic mass is 32.2. The molecule has 1 unspecified atom stereocenters. The number of carboxylic acids is 1. The van der Waals surface area contributed by atoms with Crippen molar-refractivity contribution in [3.8, 4) is 0 Å². The van der Waals surface area contributed by atoms with Crippen molar-refractivity contribution in [2.24, 2.45) is 5.92 Å². The van der Waals surface area contributed by atoms with Gasteiger partial charge in [0.05, 0.1) is 0 Å². The molecule has 0 aromatic heterocycles. The quantitative estimate of drug-likeness (QED) is 0.641. The average Bonchev–Trinajstić information content (AvgIpc) is 2.20. The fourth-order valence-electron chi connectivity index (χ4n) is 1.09. The maximum Gasteiger partial charge on any atom is 0.326 e. The summed E-state index contributed by atoms with van der Waals surface area (Å²) in [5, 5.41) is 11.2. The van der Waals surface area contributed by atoms with Crippen LogP contribution in [0.2, 0.25) is 0 Å². The van der Waals surface area contributed by atoms with Crippen LogP contribution in [0, 0.1) is 5.92 Å².